The van der Waals surface area contributed by atoms with Crippen molar-refractivity contribution in [2.24, 2.45) is 0 Å². The molecule has 0 heterocycles. The van der Waals surface area contributed by atoms with E-state index in [9.17, 15) is 0 Å². The summed E-state index contributed by atoms with van der Waals surface area (Å²) in [5, 5.41) is 1.10. The summed E-state index contributed by atoms with van der Waals surface area (Å²) >= 11 is 12.5. The monoisotopic (exact) mass is 366 g/mol. The standard InChI is InChI=1S/C19H24Cl2N2O/c1-22(2)19(16-10-7-11-17(20)18(16)21)24-13-12-23(3)14-15-8-5-4-6-9-15/h4-11,19H,12-14H2,1-3H3. The molecule has 0 aromatic heterocycles. The quantitative estimate of drug-likeness (QED) is 0.629. The average molecular weight is 367 g/mol. The normalized spacial score (nSPS) is 12.8. The number of rotatable bonds is 8. The smallest absolute Gasteiger partial charge is 0.137 e. The van der Waals surface area contributed by atoms with Gasteiger partial charge in [0.25, 0.3) is 0 Å². The van der Waals surface area contributed by atoms with Gasteiger partial charge in [-0.05, 0) is 32.8 Å². The molecule has 0 aliphatic rings. The lowest BCUT2D eigenvalue weighted by Crippen LogP contribution is -2.28. The average Bonchev–Trinajstić information content (AvgIpc) is 2.55. The molecular weight excluding hydrogens is 343 g/mol. The van der Waals surface area contributed by atoms with E-state index < -0.39 is 0 Å². The van der Waals surface area contributed by atoms with Gasteiger partial charge in [0, 0.05) is 18.7 Å². The van der Waals surface area contributed by atoms with E-state index in [1.54, 1.807) is 6.07 Å². The van der Waals surface area contributed by atoms with Crippen molar-refractivity contribution in [1.29, 1.82) is 0 Å². The van der Waals surface area contributed by atoms with Crippen molar-refractivity contribution < 1.29 is 4.74 Å². The Bertz CT molecular complexity index is 635. The van der Waals surface area contributed by atoms with E-state index in [4.69, 9.17) is 27.9 Å². The maximum atomic E-state index is 6.33. The number of ether oxygens (including phenoxy) is 1. The van der Waals surface area contributed by atoms with Gasteiger partial charge >= 0.3 is 0 Å². The van der Waals surface area contributed by atoms with E-state index in [-0.39, 0.29) is 6.23 Å². The molecule has 0 bridgehead atoms. The van der Waals surface area contributed by atoms with Gasteiger partial charge in [-0.1, -0.05) is 65.7 Å². The summed E-state index contributed by atoms with van der Waals surface area (Å²) in [6, 6.07) is 16.0. The van der Waals surface area contributed by atoms with Crippen LogP contribution in [0.1, 0.15) is 17.4 Å². The van der Waals surface area contributed by atoms with Gasteiger partial charge in [-0.25, -0.2) is 0 Å². The fraction of sp³-hybridized carbons (Fsp3) is 0.368. The molecule has 0 aliphatic heterocycles. The van der Waals surface area contributed by atoms with Crippen LogP contribution in [0, 0.1) is 0 Å². The summed E-state index contributed by atoms with van der Waals surface area (Å²) in [5.74, 6) is 0. The molecule has 0 fully saturated rings. The Morgan fingerprint density at radius 2 is 1.67 bits per heavy atom. The zero-order valence-corrected chi connectivity index (χ0v) is 15.9. The zero-order chi connectivity index (χ0) is 17.5. The lowest BCUT2D eigenvalue weighted by molar-refractivity contribution is -0.0442. The van der Waals surface area contributed by atoms with Crippen LogP contribution in [0.3, 0.4) is 0 Å². The first-order valence-corrected chi connectivity index (χ1v) is 8.69. The molecule has 0 saturated heterocycles. The molecule has 24 heavy (non-hydrogen) atoms. The second-order valence-corrected chi connectivity index (χ2v) is 6.84. The van der Waals surface area contributed by atoms with E-state index in [1.165, 1.54) is 5.56 Å². The van der Waals surface area contributed by atoms with Crippen LogP contribution in [0.4, 0.5) is 0 Å². The van der Waals surface area contributed by atoms with Crippen LogP contribution < -0.4 is 0 Å². The van der Waals surface area contributed by atoms with Crippen LogP contribution in [-0.4, -0.2) is 44.1 Å². The van der Waals surface area contributed by atoms with Crippen LogP contribution in [0.5, 0.6) is 0 Å². The predicted octanol–water partition coefficient (Wildman–Crippen LogP) is 4.70. The molecule has 1 unspecified atom stereocenters. The number of benzene rings is 2. The number of nitrogens with zero attached hydrogens (tertiary/aromatic N) is 2. The Hall–Kier alpha value is -1.10. The Labute approximate surface area is 154 Å². The highest BCUT2D eigenvalue weighted by molar-refractivity contribution is 6.42. The number of hydrogen-bond donors (Lipinski definition) is 0. The van der Waals surface area contributed by atoms with Gasteiger partial charge in [-0.2, -0.15) is 0 Å². The summed E-state index contributed by atoms with van der Waals surface area (Å²) in [5.41, 5.74) is 2.18. The van der Waals surface area contributed by atoms with E-state index in [2.05, 4.69) is 36.2 Å². The molecular formula is C19H24Cl2N2O. The Balaban J connectivity index is 1.91. The summed E-state index contributed by atoms with van der Waals surface area (Å²) < 4.78 is 6.07. The Morgan fingerprint density at radius 3 is 2.33 bits per heavy atom. The molecule has 2 aromatic rings. The van der Waals surface area contributed by atoms with Crippen LogP contribution in [0.15, 0.2) is 48.5 Å². The Morgan fingerprint density at radius 1 is 0.958 bits per heavy atom. The summed E-state index contributed by atoms with van der Waals surface area (Å²) in [6.45, 7) is 2.33. The summed E-state index contributed by atoms with van der Waals surface area (Å²) in [6.07, 6.45) is -0.221. The minimum atomic E-state index is -0.221. The van der Waals surface area contributed by atoms with E-state index in [1.807, 2.05) is 37.2 Å². The van der Waals surface area contributed by atoms with Crippen LogP contribution in [0.25, 0.3) is 0 Å². The van der Waals surface area contributed by atoms with Gasteiger partial charge in [-0.15, -0.1) is 0 Å². The minimum absolute atomic E-state index is 0.221. The van der Waals surface area contributed by atoms with Crippen molar-refractivity contribution in [3.63, 3.8) is 0 Å². The first-order chi connectivity index (χ1) is 11.5. The Kier molecular flexibility index (Phi) is 7.53. The lowest BCUT2D eigenvalue weighted by Gasteiger charge is -2.27. The molecule has 0 saturated carbocycles. The molecule has 0 N–H and O–H groups in total. The summed E-state index contributed by atoms with van der Waals surface area (Å²) in [7, 11) is 6.03. The minimum Gasteiger partial charge on any atom is -0.357 e. The molecule has 3 nitrogen and oxygen atoms in total. The zero-order valence-electron chi connectivity index (χ0n) is 14.4. The predicted molar refractivity (Wildman–Crippen MR) is 102 cm³/mol. The second-order valence-electron chi connectivity index (χ2n) is 6.05. The van der Waals surface area contributed by atoms with Crippen LogP contribution in [-0.2, 0) is 11.3 Å². The van der Waals surface area contributed by atoms with Crippen molar-refractivity contribution >= 4 is 23.2 Å². The maximum absolute atomic E-state index is 6.33. The molecule has 5 heteroatoms. The molecule has 1 atom stereocenters. The highest BCUT2D eigenvalue weighted by Crippen LogP contribution is 2.32. The van der Waals surface area contributed by atoms with Gasteiger partial charge in [0.1, 0.15) is 6.23 Å². The van der Waals surface area contributed by atoms with Crippen molar-refractivity contribution in [3.05, 3.63) is 69.7 Å². The lowest BCUT2D eigenvalue weighted by atomic mass is 10.2. The third-order valence-electron chi connectivity index (χ3n) is 3.76. The van der Waals surface area contributed by atoms with Crippen LogP contribution in [0.2, 0.25) is 10.0 Å². The van der Waals surface area contributed by atoms with Gasteiger partial charge in [-0.3, -0.25) is 9.80 Å². The molecule has 2 rings (SSSR count). The fourth-order valence-electron chi connectivity index (χ4n) is 2.52. The SMILES string of the molecule is CN(CCOC(c1cccc(Cl)c1Cl)N(C)C)Cc1ccccc1. The molecule has 130 valence electrons. The van der Waals surface area contributed by atoms with Gasteiger partial charge in [0.15, 0.2) is 0 Å². The molecule has 0 spiro atoms. The van der Waals surface area contributed by atoms with Crippen molar-refractivity contribution in [2.45, 2.75) is 12.8 Å². The van der Waals surface area contributed by atoms with Gasteiger partial charge < -0.3 is 4.74 Å². The number of likely N-dealkylation sites (N-methyl/N-ethyl adjacent to an activating group) is 1. The topological polar surface area (TPSA) is 15.7 Å². The second kappa shape index (κ2) is 9.40. The number of halogens is 2. The molecule has 0 amide bonds. The van der Waals surface area contributed by atoms with Gasteiger partial charge in [0.2, 0.25) is 0 Å². The van der Waals surface area contributed by atoms with Crippen molar-refractivity contribution in [1.82, 2.24) is 9.80 Å². The first-order valence-electron chi connectivity index (χ1n) is 7.93. The molecule has 0 aliphatic carbocycles. The summed E-state index contributed by atoms with van der Waals surface area (Å²) in [4.78, 5) is 4.23. The molecule has 2 aromatic carbocycles. The van der Waals surface area contributed by atoms with E-state index in [0.717, 1.165) is 18.7 Å². The third-order valence-corrected chi connectivity index (χ3v) is 4.59. The maximum Gasteiger partial charge on any atom is 0.137 e. The highest BCUT2D eigenvalue weighted by Gasteiger charge is 2.19. The van der Waals surface area contributed by atoms with Crippen molar-refractivity contribution in [2.75, 3.05) is 34.3 Å². The van der Waals surface area contributed by atoms with E-state index in [0.29, 0.717) is 16.7 Å². The number of hydrogen-bond acceptors (Lipinski definition) is 3. The highest BCUT2D eigenvalue weighted by atomic mass is 35.5. The van der Waals surface area contributed by atoms with Crippen molar-refractivity contribution in [3.8, 4) is 0 Å². The fourth-order valence-corrected chi connectivity index (χ4v) is 2.92. The largest absolute Gasteiger partial charge is 0.357 e. The van der Waals surface area contributed by atoms with Crippen LogP contribution >= 0.6 is 23.2 Å². The first kappa shape index (κ1) is 19.2. The van der Waals surface area contributed by atoms with E-state index >= 15 is 0 Å². The van der Waals surface area contributed by atoms with Gasteiger partial charge in [0.05, 0.1) is 16.7 Å². The third kappa shape index (κ3) is 5.47. The molecule has 0 radical (unpaired) electrons.